The molecule has 28 heavy (non-hydrogen) atoms. The summed E-state index contributed by atoms with van der Waals surface area (Å²) in [5.74, 6) is 2.34. The Morgan fingerprint density at radius 1 is 1.00 bits per heavy atom. The summed E-state index contributed by atoms with van der Waals surface area (Å²) < 4.78 is 7.24. The van der Waals surface area contributed by atoms with Gasteiger partial charge in [-0.1, -0.05) is 12.1 Å². The molecule has 1 aliphatic heterocycles. The summed E-state index contributed by atoms with van der Waals surface area (Å²) >= 11 is 0. The monoisotopic (exact) mass is 378 g/mol. The Morgan fingerprint density at radius 2 is 1.71 bits per heavy atom. The number of para-hydroxylation sites is 2. The molecule has 1 saturated heterocycles. The fourth-order valence-electron chi connectivity index (χ4n) is 3.22. The number of hydrogen-bond donors (Lipinski definition) is 1. The van der Waals surface area contributed by atoms with Crippen LogP contribution in [-0.4, -0.2) is 58.8 Å². The minimum Gasteiger partial charge on any atom is -0.495 e. The van der Waals surface area contributed by atoms with E-state index in [-0.39, 0.29) is 6.03 Å². The summed E-state index contributed by atoms with van der Waals surface area (Å²) in [5.41, 5.74) is 0.671. The van der Waals surface area contributed by atoms with E-state index in [9.17, 15) is 4.79 Å². The van der Waals surface area contributed by atoms with E-state index in [1.54, 1.807) is 18.3 Å². The number of benzene rings is 1. The third-order valence-electron chi connectivity index (χ3n) is 4.75. The smallest absolute Gasteiger partial charge is 0.322 e. The number of hydrogen-bond acceptors (Lipinski definition) is 5. The molecule has 0 saturated carbocycles. The number of anilines is 2. The topological polar surface area (TPSA) is 75.5 Å². The number of carbonyl (C=O) groups excluding carboxylic acids is 1. The normalized spacial score (nSPS) is 14.0. The first-order valence-electron chi connectivity index (χ1n) is 9.14. The summed E-state index contributed by atoms with van der Waals surface area (Å²) in [6.45, 7) is 2.65. The highest BCUT2D eigenvalue weighted by Crippen LogP contribution is 2.24. The average molecular weight is 378 g/mol. The molecule has 3 aromatic rings. The van der Waals surface area contributed by atoms with Crippen LogP contribution in [0.3, 0.4) is 0 Å². The van der Waals surface area contributed by atoms with E-state index in [2.05, 4.69) is 20.2 Å². The molecule has 1 aromatic carbocycles. The molecule has 0 unspecified atom stereocenters. The van der Waals surface area contributed by atoms with Gasteiger partial charge in [-0.25, -0.2) is 14.8 Å². The molecule has 0 spiro atoms. The maximum atomic E-state index is 12.6. The van der Waals surface area contributed by atoms with E-state index < -0.39 is 0 Å². The SMILES string of the molecule is COc1ccccc1NC(=O)N1CCN(c2cc(-n3cccc3)ncn2)CC1. The van der Waals surface area contributed by atoms with E-state index in [1.165, 1.54) is 0 Å². The second kappa shape index (κ2) is 7.99. The Kier molecular flexibility index (Phi) is 5.09. The van der Waals surface area contributed by atoms with Crippen molar-refractivity contribution in [2.24, 2.45) is 0 Å². The molecule has 3 heterocycles. The Hall–Kier alpha value is -3.55. The van der Waals surface area contributed by atoms with Crippen LogP contribution in [0.25, 0.3) is 5.82 Å². The van der Waals surface area contributed by atoms with Crippen LogP contribution in [0, 0.1) is 0 Å². The number of urea groups is 1. The molecule has 144 valence electrons. The van der Waals surface area contributed by atoms with Crippen molar-refractivity contribution in [2.75, 3.05) is 43.5 Å². The van der Waals surface area contributed by atoms with Gasteiger partial charge in [0.15, 0.2) is 0 Å². The highest BCUT2D eigenvalue weighted by molar-refractivity contribution is 5.91. The molecular weight excluding hydrogens is 356 g/mol. The van der Waals surface area contributed by atoms with Crippen LogP contribution in [0.4, 0.5) is 16.3 Å². The van der Waals surface area contributed by atoms with Gasteiger partial charge in [0.1, 0.15) is 23.7 Å². The average Bonchev–Trinajstić information content (AvgIpc) is 3.29. The van der Waals surface area contributed by atoms with Crippen molar-refractivity contribution in [3.05, 3.63) is 61.2 Å². The maximum Gasteiger partial charge on any atom is 0.322 e. The van der Waals surface area contributed by atoms with Gasteiger partial charge < -0.3 is 24.4 Å². The molecule has 2 aromatic heterocycles. The quantitative estimate of drug-likeness (QED) is 0.755. The molecule has 1 N–H and O–H groups in total. The van der Waals surface area contributed by atoms with E-state index in [1.807, 2.05) is 59.4 Å². The molecule has 2 amide bonds. The van der Waals surface area contributed by atoms with Crippen LogP contribution >= 0.6 is 0 Å². The number of methoxy groups -OCH3 is 1. The first-order chi connectivity index (χ1) is 13.7. The Morgan fingerprint density at radius 3 is 2.46 bits per heavy atom. The summed E-state index contributed by atoms with van der Waals surface area (Å²) in [7, 11) is 1.59. The Bertz CT molecular complexity index is 935. The number of nitrogens with one attached hydrogen (secondary N) is 1. The van der Waals surface area contributed by atoms with E-state index in [0.717, 1.165) is 11.6 Å². The molecule has 1 aliphatic rings. The number of amides is 2. The van der Waals surface area contributed by atoms with Gasteiger partial charge in [0.05, 0.1) is 12.8 Å². The summed E-state index contributed by atoms with van der Waals surface area (Å²) in [4.78, 5) is 25.3. The molecule has 0 radical (unpaired) electrons. The van der Waals surface area contributed by atoms with Crippen LogP contribution in [0.15, 0.2) is 61.2 Å². The number of ether oxygens (including phenoxy) is 1. The van der Waals surface area contributed by atoms with Gasteiger partial charge in [0, 0.05) is 44.6 Å². The number of nitrogens with zero attached hydrogens (tertiary/aromatic N) is 5. The van der Waals surface area contributed by atoms with Crippen molar-refractivity contribution in [1.29, 1.82) is 0 Å². The fourth-order valence-corrected chi connectivity index (χ4v) is 3.22. The van der Waals surface area contributed by atoms with Crippen LogP contribution in [0.1, 0.15) is 0 Å². The first kappa shape index (κ1) is 17.8. The summed E-state index contributed by atoms with van der Waals surface area (Å²) in [6.07, 6.45) is 5.48. The standard InChI is InChI=1S/C20H22N6O2/c1-28-17-7-3-2-6-16(17)23-20(27)26-12-10-25(11-13-26)19-14-18(21-15-22-19)24-8-4-5-9-24/h2-9,14-15H,10-13H2,1H3,(H,23,27). The van der Waals surface area contributed by atoms with Gasteiger partial charge in [-0.3, -0.25) is 0 Å². The van der Waals surface area contributed by atoms with Crippen molar-refractivity contribution >= 4 is 17.5 Å². The molecule has 0 aliphatic carbocycles. The largest absolute Gasteiger partial charge is 0.495 e. The number of rotatable bonds is 4. The zero-order chi connectivity index (χ0) is 19.3. The van der Waals surface area contributed by atoms with Gasteiger partial charge in [-0.2, -0.15) is 0 Å². The number of piperazine rings is 1. The minimum absolute atomic E-state index is 0.125. The van der Waals surface area contributed by atoms with Crippen molar-refractivity contribution in [3.8, 4) is 11.6 Å². The van der Waals surface area contributed by atoms with Gasteiger partial charge in [-0.15, -0.1) is 0 Å². The molecule has 1 fully saturated rings. The van der Waals surface area contributed by atoms with E-state index >= 15 is 0 Å². The van der Waals surface area contributed by atoms with Crippen molar-refractivity contribution in [2.45, 2.75) is 0 Å². The van der Waals surface area contributed by atoms with Crippen molar-refractivity contribution < 1.29 is 9.53 Å². The lowest BCUT2D eigenvalue weighted by atomic mass is 10.3. The lowest BCUT2D eigenvalue weighted by Crippen LogP contribution is -2.50. The van der Waals surface area contributed by atoms with Crippen molar-refractivity contribution in [3.63, 3.8) is 0 Å². The first-order valence-corrected chi connectivity index (χ1v) is 9.14. The molecule has 4 rings (SSSR count). The molecule has 8 heteroatoms. The van der Waals surface area contributed by atoms with Gasteiger partial charge in [-0.05, 0) is 24.3 Å². The highest BCUT2D eigenvalue weighted by Gasteiger charge is 2.23. The summed E-state index contributed by atoms with van der Waals surface area (Å²) in [6, 6.07) is 13.2. The Labute approximate surface area is 163 Å². The van der Waals surface area contributed by atoms with Crippen LogP contribution in [0.5, 0.6) is 5.75 Å². The third kappa shape index (κ3) is 3.75. The zero-order valence-corrected chi connectivity index (χ0v) is 15.7. The molecule has 0 bridgehead atoms. The zero-order valence-electron chi connectivity index (χ0n) is 15.7. The van der Waals surface area contributed by atoms with Crippen LogP contribution in [0.2, 0.25) is 0 Å². The maximum absolute atomic E-state index is 12.6. The van der Waals surface area contributed by atoms with Crippen LogP contribution < -0.4 is 15.0 Å². The second-order valence-corrected chi connectivity index (χ2v) is 6.43. The third-order valence-corrected chi connectivity index (χ3v) is 4.75. The lowest BCUT2D eigenvalue weighted by molar-refractivity contribution is 0.208. The second-order valence-electron chi connectivity index (χ2n) is 6.43. The molecule has 0 atom stereocenters. The van der Waals surface area contributed by atoms with E-state index in [0.29, 0.717) is 37.6 Å². The van der Waals surface area contributed by atoms with E-state index in [4.69, 9.17) is 4.74 Å². The van der Waals surface area contributed by atoms with Gasteiger partial charge >= 0.3 is 6.03 Å². The van der Waals surface area contributed by atoms with Crippen molar-refractivity contribution in [1.82, 2.24) is 19.4 Å². The number of aromatic nitrogens is 3. The minimum atomic E-state index is -0.125. The summed E-state index contributed by atoms with van der Waals surface area (Å²) in [5, 5.41) is 2.93. The predicted molar refractivity (Wildman–Crippen MR) is 107 cm³/mol. The molecule has 8 nitrogen and oxygen atoms in total. The van der Waals surface area contributed by atoms with Gasteiger partial charge in [0.25, 0.3) is 0 Å². The Balaban J connectivity index is 1.38. The number of carbonyl (C=O) groups is 1. The molecular formula is C20H22N6O2. The lowest BCUT2D eigenvalue weighted by Gasteiger charge is -2.35. The fraction of sp³-hybridized carbons (Fsp3) is 0.250. The van der Waals surface area contributed by atoms with Gasteiger partial charge in [0.2, 0.25) is 0 Å². The van der Waals surface area contributed by atoms with Crippen LogP contribution in [-0.2, 0) is 0 Å². The predicted octanol–water partition coefficient (Wildman–Crippen LogP) is 2.63. The highest BCUT2D eigenvalue weighted by atomic mass is 16.5.